The van der Waals surface area contributed by atoms with E-state index in [1.165, 1.54) is 0 Å². The summed E-state index contributed by atoms with van der Waals surface area (Å²) in [6.45, 7) is 1.50. The highest BCUT2D eigenvalue weighted by Crippen LogP contribution is 2.50. The summed E-state index contributed by atoms with van der Waals surface area (Å²) in [5.74, 6) is 0.956. The van der Waals surface area contributed by atoms with Crippen LogP contribution in [0.5, 0.6) is 0 Å². The average molecular weight is 127 g/mol. The second-order valence-electron chi connectivity index (χ2n) is 2.79. The van der Waals surface area contributed by atoms with Crippen LogP contribution in [0.1, 0.15) is 0 Å². The van der Waals surface area contributed by atoms with Gasteiger partial charge in [0.15, 0.2) is 0 Å². The zero-order valence-corrected chi connectivity index (χ0v) is 5.04. The summed E-state index contributed by atoms with van der Waals surface area (Å²) in [6.07, 6.45) is 0. The predicted octanol–water partition coefficient (Wildman–Crippen LogP) is -0.636. The van der Waals surface area contributed by atoms with Crippen LogP contribution in [0.4, 0.5) is 0 Å². The molecule has 0 radical (unpaired) electrons. The smallest absolute Gasteiger partial charge is 0.221 e. The van der Waals surface area contributed by atoms with Crippen LogP contribution in [0.2, 0.25) is 0 Å². The van der Waals surface area contributed by atoms with Crippen molar-refractivity contribution in [1.82, 2.24) is 0 Å². The normalized spacial score (nSPS) is 46.4. The van der Waals surface area contributed by atoms with Gasteiger partial charge < -0.3 is 10.5 Å². The third-order valence-corrected chi connectivity index (χ3v) is 2.28. The van der Waals surface area contributed by atoms with E-state index >= 15 is 0 Å². The zero-order chi connectivity index (χ0) is 6.43. The molecule has 50 valence electrons. The van der Waals surface area contributed by atoms with E-state index in [0.717, 1.165) is 13.2 Å². The lowest BCUT2D eigenvalue weighted by Crippen LogP contribution is -2.18. The largest absolute Gasteiger partial charge is 0.381 e. The molecule has 0 aromatic rings. The number of hydrogen-bond donors (Lipinski definition) is 1. The highest BCUT2D eigenvalue weighted by atomic mass is 16.5. The molecule has 2 rings (SSSR count). The zero-order valence-electron chi connectivity index (χ0n) is 5.04. The number of ether oxygens (including phenoxy) is 1. The van der Waals surface area contributed by atoms with E-state index in [1.807, 2.05) is 0 Å². The molecule has 0 unspecified atom stereocenters. The molecule has 1 aliphatic heterocycles. The summed E-state index contributed by atoms with van der Waals surface area (Å²) in [7, 11) is 0. The van der Waals surface area contributed by atoms with Gasteiger partial charge in [0, 0.05) is 5.92 Å². The van der Waals surface area contributed by atoms with Crippen molar-refractivity contribution < 1.29 is 9.53 Å². The van der Waals surface area contributed by atoms with Crippen LogP contribution < -0.4 is 5.73 Å². The molecule has 2 N–H and O–H groups in total. The molecule has 0 aromatic carbocycles. The fourth-order valence-corrected chi connectivity index (χ4v) is 1.66. The number of rotatable bonds is 1. The number of carbonyl (C=O) groups is 1. The molecule has 2 fully saturated rings. The summed E-state index contributed by atoms with van der Waals surface area (Å²) < 4.78 is 5.08. The SMILES string of the molecule is NC(=O)C1[C@H]2COC[C@H]12. The lowest BCUT2D eigenvalue weighted by molar-refractivity contribution is -0.120. The highest BCUT2D eigenvalue weighted by molar-refractivity contribution is 5.80. The Kier molecular flexibility index (Phi) is 0.858. The van der Waals surface area contributed by atoms with E-state index in [9.17, 15) is 4.79 Å². The fourth-order valence-electron chi connectivity index (χ4n) is 1.66. The molecule has 1 amide bonds. The lowest BCUT2D eigenvalue weighted by Gasteiger charge is -1.96. The summed E-state index contributed by atoms with van der Waals surface area (Å²) in [5.41, 5.74) is 5.09. The minimum atomic E-state index is -0.145. The van der Waals surface area contributed by atoms with E-state index in [-0.39, 0.29) is 11.8 Å². The molecule has 9 heavy (non-hydrogen) atoms. The maximum Gasteiger partial charge on any atom is 0.221 e. The van der Waals surface area contributed by atoms with Gasteiger partial charge in [-0.3, -0.25) is 4.79 Å². The summed E-state index contributed by atoms with van der Waals surface area (Å²) >= 11 is 0. The standard InChI is InChI=1S/C6H9NO2/c7-6(8)5-3-1-9-2-4(3)5/h3-5H,1-2H2,(H2,7,8)/t3-,4-/m0/s1. The molecule has 1 aliphatic carbocycles. The summed E-state index contributed by atoms with van der Waals surface area (Å²) in [4.78, 5) is 10.5. The Morgan fingerprint density at radius 3 is 2.33 bits per heavy atom. The minimum absolute atomic E-state index is 0.145. The molecule has 1 heterocycles. The minimum Gasteiger partial charge on any atom is -0.381 e. The van der Waals surface area contributed by atoms with Gasteiger partial charge in [-0.15, -0.1) is 0 Å². The Balaban J connectivity index is 2.02. The molecule has 0 aromatic heterocycles. The van der Waals surface area contributed by atoms with Crippen LogP contribution in [0, 0.1) is 17.8 Å². The predicted molar refractivity (Wildman–Crippen MR) is 30.5 cm³/mol. The first-order chi connectivity index (χ1) is 4.30. The fraction of sp³-hybridized carbons (Fsp3) is 0.833. The van der Waals surface area contributed by atoms with E-state index in [2.05, 4.69) is 0 Å². The van der Waals surface area contributed by atoms with Gasteiger partial charge in [-0.05, 0) is 11.8 Å². The second kappa shape index (κ2) is 1.48. The summed E-state index contributed by atoms with van der Waals surface area (Å²) in [6, 6.07) is 0. The number of fused-ring (bicyclic) bond motifs is 1. The molecular weight excluding hydrogens is 118 g/mol. The van der Waals surface area contributed by atoms with Crippen molar-refractivity contribution >= 4 is 5.91 Å². The molecule has 0 bridgehead atoms. The van der Waals surface area contributed by atoms with Gasteiger partial charge in [-0.25, -0.2) is 0 Å². The molecule has 2 aliphatic rings. The van der Waals surface area contributed by atoms with Crippen LogP contribution >= 0.6 is 0 Å². The van der Waals surface area contributed by atoms with Gasteiger partial charge >= 0.3 is 0 Å². The van der Waals surface area contributed by atoms with E-state index in [4.69, 9.17) is 10.5 Å². The van der Waals surface area contributed by atoms with Crippen molar-refractivity contribution in [1.29, 1.82) is 0 Å². The van der Waals surface area contributed by atoms with Crippen LogP contribution in [-0.4, -0.2) is 19.1 Å². The molecular formula is C6H9NO2. The van der Waals surface area contributed by atoms with Crippen molar-refractivity contribution in [2.24, 2.45) is 23.5 Å². The van der Waals surface area contributed by atoms with Crippen molar-refractivity contribution in [2.45, 2.75) is 0 Å². The van der Waals surface area contributed by atoms with E-state index in [0.29, 0.717) is 11.8 Å². The van der Waals surface area contributed by atoms with Crippen LogP contribution in [0.15, 0.2) is 0 Å². The molecule has 1 saturated heterocycles. The number of carbonyl (C=O) groups excluding carboxylic acids is 1. The first-order valence-corrected chi connectivity index (χ1v) is 3.18. The quantitative estimate of drug-likeness (QED) is 0.509. The maximum absolute atomic E-state index is 10.5. The Bertz CT molecular complexity index is 147. The van der Waals surface area contributed by atoms with Gasteiger partial charge in [0.1, 0.15) is 0 Å². The van der Waals surface area contributed by atoms with Crippen LogP contribution in [0.25, 0.3) is 0 Å². The topological polar surface area (TPSA) is 52.3 Å². The Morgan fingerprint density at radius 2 is 2.00 bits per heavy atom. The Morgan fingerprint density at radius 1 is 1.44 bits per heavy atom. The van der Waals surface area contributed by atoms with Crippen molar-refractivity contribution in [3.05, 3.63) is 0 Å². The van der Waals surface area contributed by atoms with Gasteiger partial charge in [0.05, 0.1) is 13.2 Å². The third-order valence-electron chi connectivity index (χ3n) is 2.28. The van der Waals surface area contributed by atoms with Gasteiger partial charge in [0.25, 0.3) is 0 Å². The number of amides is 1. The summed E-state index contributed by atoms with van der Waals surface area (Å²) in [5, 5.41) is 0. The van der Waals surface area contributed by atoms with Crippen LogP contribution in [0.3, 0.4) is 0 Å². The van der Waals surface area contributed by atoms with Crippen molar-refractivity contribution in [3.63, 3.8) is 0 Å². The highest BCUT2D eigenvalue weighted by Gasteiger charge is 2.57. The van der Waals surface area contributed by atoms with Gasteiger partial charge in [-0.1, -0.05) is 0 Å². The monoisotopic (exact) mass is 127 g/mol. The van der Waals surface area contributed by atoms with Crippen molar-refractivity contribution in [2.75, 3.05) is 13.2 Å². The van der Waals surface area contributed by atoms with Gasteiger partial charge in [-0.2, -0.15) is 0 Å². The first kappa shape index (κ1) is 5.23. The molecule has 3 heteroatoms. The number of nitrogens with two attached hydrogens (primary N) is 1. The van der Waals surface area contributed by atoms with Crippen LogP contribution in [-0.2, 0) is 9.53 Å². The maximum atomic E-state index is 10.5. The Hall–Kier alpha value is -0.570. The number of primary amides is 1. The molecule has 2 atom stereocenters. The van der Waals surface area contributed by atoms with Gasteiger partial charge in [0.2, 0.25) is 5.91 Å². The number of hydrogen-bond acceptors (Lipinski definition) is 2. The molecule has 0 spiro atoms. The van der Waals surface area contributed by atoms with E-state index in [1.54, 1.807) is 0 Å². The first-order valence-electron chi connectivity index (χ1n) is 3.18. The molecule has 3 nitrogen and oxygen atoms in total. The average Bonchev–Trinajstić information content (AvgIpc) is 2.30. The van der Waals surface area contributed by atoms with Crippen molar-refractivity contribution in [3.8, 4) is 0 Å². The molecule has 1 saturated carbocycles. The lowest BCUT2D eigenvalue weighted by atomic mass is 10.3. The van der Waals surface area contributed by atoms with E-state index < -0.39 is 0 Å². The second-order valence-corrected chi connectivity index (χ2v) is 2.79. The third kappa shape index (κ3) is 0.580. The Labute approximate surface area is 53.2 Å².